The number of allylic oxidation sites excluding steroid dienone is 1. The number of aliphatic imine (C=N–C) groups is 1. The predicted octanol–water partition coefficient (Wildman–Crippen LogP) is 4.45. The third kappa shape index (κ3) is 3.00. The van der Waals surface area contributed by atoms with Crippen LogP contribution in [0.5, 0.6) is 0 Å². The van der Waals surface area contributed by atoms with Gasteiger partial charge in [-0.25, -0.2) is 10.3 Å². The van der Waals surface area contributed by atoms with E-state index in [0.717, 1.165) is 25.0 Å². The number of hydroxylamine groups is 1. The van der Waals surface area contributed by atoms with Crippen LogP contribution in [0.25, 0.3) is 0 Å². The molecule has 1 saturated carbocycles. The van der Waals surface area contributed by atoms with Crippen molar-refractivity contribution in [2.75, 3.05) is 5.32 Å². The lowest BCUT2D eigenvalue weighted by Gasteiger charge is -2.22. The van der Waals surface area contributed by atoms with Crippen molar-refractivity contribution >= 4 is 29.1 Å². The molecule has 2 atom stereocenters. The van der Waals surface area contributed by atoms with E-state index in [9.17, 15) is 4.79 Å². The Balaban J connectivity index is 1.41. The summed E-state index contributed by atoms with van der Waals surface area (Å²) in [6, 6.07) is 7.36. The normalized spacial score (nSPS) is 25.0. The fourth-order valence-electron chi connectivity index (χ4n) is 3.97. The molecule has 0 bridgehead atoms. The monoisotopic (exact) mass is 345 g/mol. The minimum atomic E-state index is -0.532. The number of fused-ring (bicyclic) bond motifs is 3. The molecule has 24 heavy (non-hydrogen) atoms. The third-order valence-corrected chi connectivity index (χ3v) is 5.26. The summed E-state index contributed by atoms with van der Waals surface area (Å²) < 4.78 is 0. The molecule has 6 heteroatoms. The average molecular weight is 346 g/mol. The SMILES string of the molecule is O=C(Nc1ccc(Cl)cc1)ONC1=C2C(=NC3CCCC23)CCC1. The van der Waals surface area contributed by atoms with Crippen molar-refractivity contribution in [1.29, 1.82) is 0 Å². The summed E-state index contributed by atoms with van der Waals surface area (Å²) in [6.45, 7) is 0. The molecule has 1 aliphatic heterocycles. The van der Waals surface area contributed by atoms with E-state index in [-0.39, 0.29) is 0 Å². The van der Waals surface area contributed by atoms with E-state index in [4.69, 9.17) is 21.4 Å². The van der Waals surface area contributed by atoms with Gasteiger partial charge in [0.25, 0.3) is 0 Å². The van der Waals surface area contributed by atoms with Crippen molar-refractivity contribution in [3.63, 3.8) is 0 Å². The van der Waals surface area contributed by atoms with E-state index >= 15 is 0 Å². The molecule has 3 aliphatic rings. The van der Waals surface area contributed by atoms with Crippen LogP contribution in [-0.4, -0.2) is 17.8 Å². The fraction of sp³-hybridized carbons (Fsp3) is 0.444. The number of carbonyl (C=O) groups is 1. The molecular weight excluding hydrogens is 326 g/mol. The van der Waals surface area contributed by atoms with Crippen molar-refractivity contribution in [2.45, 2.75) is 44.6 Å². The molecule has 0 spiro atoms. The third-order valence-electron chi connectivity index (χ3n) is 5.01. The van der Waals surface area contributed by atoms with Gasteiger partial charge >= 0.3 is 6.09 Å². The van der Waals surface area contributed by atoms with Crippen LogP contribution >= 0.6 is 11.6 Å². The Morgan fingerprint density at radius 2 is 2.00 bits per heavy atom. The first-order chi connectivity index (χ1) is 11.7. The maximum absolute atomic E-state index is 12.0. The van der Waals surface area contributed by atoms with Crippen LogP contribution in [0, 0.1) is 5.92 Å². The second-order valence-corrected chi connectivity index (χ2v) is 6.99. The van der Waals surface area contributed by atoms with Gasteiger partial charge in [0.05, 0.1) is 11.7 Å². The Morgan fingerprint density at radius 3 is 2.83 bits per heavy atom. The number of nitrogens with one attached hydrogen (secondary N) is 2. The van der Waals surface area contributed by atoms with Crippen LogP contribution < -0.4 is 10.8 Å². The number of hydrogen-bond donors (Lipinski definition) is 2. The van der Waals surface area contributed by atoms with Crippen molar-refractivity contribution < 1.29 is 9.63 Å². The molecule has 4 rings (SSSR count). The van der Waals surface area contributed by atoms with Crippen molar-refractivity contribution in [3.8, 4) is 0 Å². The van der Waals surface area contributed by atoms with Gasteiger partial charge in [-0.15, -0.1) is 0 Å². The molecular formula is C18H20ClN3O2. The van der Waals surface area contributed by atoms with E-state index in [0.29, 0.717) is 22.7 Å². The molecule has 1 aromatic carbocycles. The standard InChI is InChI=1S/C18H20ClN3O2/c19-11-7-9-12(10-8-11)20-18(23)24-22-16-6-2-5-15-17(16)13-3-1-4-14(13)21-15/h7-10,13-14,22H,1-6H2,(H,20,23). The van der Waals surface area contributed by atoms with Crippen molar-refractivity contribution in [2.24, 2.45) is 10.9 Å². The molecule has 0 aromatic heterocycles. The summed E-state index contributed by atoms with van der Waals surface area (Å²) in [5, 5.41) is 3.30. The lowest BCUT2D eigenvalue weighted by molar-refractivity contribution is 0.117. The zero-order chi connectivity index (χ0) is 16.5. The Hall–Kier alpha value is -2.01. The smallest absolute Gasteiger partial charge is 0.324 e. The van der Waals surface area contributed by atoms with Crippen LogP contribution in [0.15, 0.2) is 40.5 Å². The maximum atomic E-state index is 12.0. The Bertz CT molecular complexity index is 711. The highest BCUT2D eigenvalue weighted by Gasteiger charge is 2.40. The van der Waals surface area contributed by atoms with Crippen molar-refractivity contribution in [3.05, 3.63) is 40.6 Å². The van der Waals surface area contributed by atoms with Gasteiger partial charge in [0.15, 0.2) is 0 Å². The number of anilines is 1. The zero-order valence-electron chi connectivity index (χ0n) is 13.3. The molecule has 2 unspecified atom stereocenters. The van der Waals surface area contributed by atoms with E-state index < -0.39 is 6.09 Å². The summed E-state index contributed by atoms with van der Waals surface area (Å²) in [5.41, 5.74) is 7.10. The van der Waals surface area contributed by atoms with Gasteiger partial charge in [-0.1, -0.05) is 18.0 Å². The summed E-state index contributed by atoms with van der Waals surface area (Å²) in [4.78, 5) is 22.1. The van der Waals surface area contributed by atoms with Gasteiger partial charge in [-0.05, 0) is 56.4 Å². The second kappa shape index (κ2) is 6.48. The van der Waals surface area contributed by atoms with Gasteiger partial charge < -0.3 is 4.84 Å². The van der Waals surface area contributed by atoms with Crippen LogP contribution in [-0.2, 0) is 4.84 Å². The first-order valence-corrected chi connectivity index (χ1v) is 8.88. The van der Waals surface area contributed by atoms with Crippen LogP contribution in [0.3, 0.4) is 0 Å². The van der Waals surface area contributed by atoms with E-state index in [1.54, 1.807) is 24.3 Å². The quantitative estimate of drug-likeness (QED) is 0.795. The number of amides is 1. The number of benzene rings is 1. The molecule has 126 valence electrons. The zero-order valence-corrected chi connectivity index (χ0v) is 14.1. The molecule has 1 aromatic rings. The maximum Gasteiger partial charge on any atom is 0.435 e. The van der Waals surface area contributed by atoms with Crippen LogP contribution in [0.2, 0.25) is 5.02 Å². The lowest BCUT2D eigenvalue weighted by Crippen LogP contribution is -2.28. The van der Waals surface area contributed by atoms with Gasteiger partial charge in [-0.2, -0.15) is 0 Å². The molecule has 2 N–H and O–H groups in total. The Labute approximate surface area is 146 Å². The molecule has 1 amide bonds. The Morgan fingerprint density at radius 1 is 1.17 bits per heavy atom. The summed E-state index contributed by atoms with van der Waals surface area (Å²) >= 11 is 5.83. The molecule has 5 nitrogen and oxygen atoms in total. The van der Waals surface area contributed by atoms with Crippen LogP contribution in [0.1, 0.15) is 38.5 Å². The highest BCUT2D eigenvalue weighted by molar-refractivity contribution is 6.30. The fourth-order valence-corrected chi connectivity index (χ4v) is 4.10. The minimum Gasteiger partial charge on any atom is -0.324 e. The molecule has 2 aliphatic carbocycles. The summed E-state index contributed by atoms with van der Waals surface area (Å²) in [7, 11) is 0. The van der Waals surface area contributed by atoms with Crippen LogP contribution in [0.4, 0.5) is 10.5 Å². The predicted molar refractivity (Wildman–Crippen MR) is 94.1 cm³/mol. The molecule has 1 fully saturated rings. The van der Waals surface area contributed by atoms with E-state index in [1.807, 2.05) is 0 Å². The van der Waals surface area contributed by atoms with Gasteiger partial charge in [0.2, 0.25) is 0 Å². The number of rotatable bonds is 3. The minimum absolute atomic E-state index is 0.452. The van der Waals surface area contributed by atoms with E-state index in [1.165, 1.54) is 30.5 Å². The number of hydrogen-bond acceptors (Lipinski definition) is 4. The average Bonchev–Trinajstić information content (AvgIpc) is 3.16. The van der Waals surface area contributed by atoms with Gasteiger partial charge in [0.1, 0.15) is 0 Å². The molecule has 0 radical (unpaired) electrons. The topological polar surface area (TPSA) is 62.7 Å². The highest BCUT2D eigenvalue weighted by Crippen LogP contribution is 2.43. The molecule has 0 saturated heterocycles. The largest absolute Gasteiger partial charge is 0.435 e. The highest BCUT2D eigenvalue weighted by atomic mass is 35.5. The molecule has 1 heterocycles. The first kappa shape index (κ1) is 15.5. The number of halogens is 1. The Kier molecular flexibility index (Phi) is 4.19. The lowest BCUT2D eigenvalue weighted by atomic mass is 9.86. The second-order valence-electron chi connectivity index (χ2n) is 6.55. The van der Waals surface area contributed by atoms with E-state index in [2.05, 4.69) is 10.8 Å². The summed E-state index contributed by atoms with van der Waals surface area (Å²) in [5.74, 6) is 0.519. The van der Waals surface area contributed by atoms with Gasteiger partial charge in [0, 0.05) is 27.9 Å². The number of carbonyl (C=O) groups excluding carboxylic acids is 1. The first-order valence-electron chi connectivity index (χ1n) is 8.50. The summed E-state index contributed by atoms with van der Waals surface area (Å²) in [6.07, 6.45) is 6.08. The van der Waals surface area contributed by atoms with Gasteiger partial charge in [-0.3, -0.25) is 10.3 Å². The van der Waals surface area contributed by atoms with Crippen molar-refractivity contribution in [1.82, 2.24) is 5.48 Å². The number of nitrogens with zero attached hydrogens (tertiary/aromatic N) is 1.